The van der Waals surface area contributed by atoms with Crippen LogP contribution in [0.25, 0.3) is 0 Å². The number of carbonyl (C=O) groups is 1. The fourth-order valence-electron chi connectivity index (χ4n) is 3.25. The third kappa shape index (κ3) is 4.15. The molecule has 0 aliphatic heterocycles. The van der Waals surface area contributed by atoms with Gasteiger partial charge in [-0.05, 0) is 55.8 Å². The van der Waals surface area contributed by atoms with E-state index in [2.05, 4.69) is 5.32 Å². The van der Waals surface area contributed by atoms with E-state index in [0.717, 1.165) is 12.1 Å². The predicted octanol–water partition coefficient (Wildman–Crippen LogP) is 3.98. The van der Waals surface area contributed by atoms with Crippen molar-refractivity contribution < 1.29 is 22.3 Å². The summed E-state index contributed by atoms with van der Waals surface area (Å²) >= 11 is 0. The first kappa shape index (κ1) is 21.7. The van der Waals surface area contributed by atoms with Crippen molar-refractivity contribution in [2.24, 2.45) is 0 Å². The Morgan fingerprint density at radius 3 is 2.30 bits per heavy atom. The molecule has 0 saturated carbocycles. The molecule has 30 heavy (non-hydrogen) atoms. The molecule has 2 aromatic carbocycles. The number of nitrogens with one attached hydrogen (secondary N) is 1. The number of hydrogen-bond acceptors (Lipinski definition) is 4. The number of nitrogens with zero attached hydrogens (tertiary/aromatic N) is 1. The number of rotatable bonds is 7. The Bertz CT molecular complexity index is 1150. The van der Waals surface area contributed by atoms with Crippen LogP contribution < -0.4 is 5.32 Å². The van der Waals surface area contributed by atoms with E-state index in [1.807, 2.05) is 0 Å². The molecule has 0 bridgehead atoms. The number of amides is 1. The van der Waals surface area contributed by atoms with E-state index in [1.54, 1.807) is 55.9 Å². The standard InChI is InChI=1S/C22H23FN2O4S/c1-15-16(2)25(13-14-29-3)21(24-22(26)17-7-5-4-6-8-17)20(15)30(27,28)19-11-9-18(23)10-12-19/h4-12H,13-14H2,1-3H3,(H,24,26). The van der Waals surface area contributed by atoms with Crippen molar-refractivity contribution in [1.29, 1.82) is 0 Å². The Morgan fingerprint density at radius 2 is 1.70 bits per heavy atom. The predicted molar refractivity (Wildman–Crippen MR) is 112 cm³/mol. The second kappa shape index (κ2) is 8.81. The quantitative estimate of drug-likeness (QED) is 0.576. The van der Waals surface area contributed by atoms with Crippen molar-refractivity contribution >= 4 is 21.6 Å². The minimum Gasteiger partial charge on any atom is -0.383 e. The highest BCUT2D eigenvalue weighted by Crippen LogP contribution is 2.35. The van der Waals surface area contributed by atoms with Gasteiger partial charge in [-0.3, -0.25) is 4.79 Å². The van der Waals surface area contributed by atoms with Crippen LogP contribution in [0.4, 0.5) is 10.2 Å². The Balaban J connectivity index is 2.16. The van der Waals surface area contributed by atoms with Crippen LogP contribution in [0, 0.1) is 19.7 Å². The first-order valence-corrected chi connectivity index (χ1v) is 10.8. The third-order valence-electron chi connectivity index (χ3n) is 4.95. The van der Waals surface area contributed by atoms with Gasteiger partial charge in [-0.2, -0.15) is 0 Å². The lowest BCUT2D eigenvalue weighted by molar-refractivity contribution is 0.102. The largest absolute Gasteiger partial charge is 0.383 e. The van der Waals surface area contributed by atoms with Gasteiger partial charge < -0.3 is 14.6 Å². The number of hydrogen-bond donors (Lipinski definition) is 1. The van der Waals surface area contributed by atoms with Crippen LogP contribution >= 0.6 is 0 Å². The molecule has 0 aliphatic rings. The van der Waals surface area contributed by atoms with Crippen LogP contribution in [0.1, 0.15) is 21.6 Å². The van der Waals surface area contributed by atoms with Crippen molar-refractivity contribution in [1.82, 2.24) is 4.57 Å². The Morgan fingerprint density at radius 1 is 1.07 bits per heavy atom. The number of carbonyl (C=O) groups excluding carboxylic acids is 1. The molecular weight excluding hydrogens is 407 g/mol. The lowest BCUT2D eigenvalue weighted by Gasteiger charge is -2.14. The summed E-state index contributed by atoms with van der Waals surface area (Å²) in [4.78, 5) is 12.8. The van der Waals surface area contributed by atoms with E-state index in [9.17, 15) is 17.6 Å². The highest BCUT2D eigenvalue weighted by Gasteiger charge is 2.30. The van der Waals surface area contributed by atoms with E-state index in [0.29, 0.717) is 30.0 Å². The van der Waals surface area contributed by atoms with E-state index in [4.69, 9.17) is 4.74 Å². The molecule has 0 atom stereocenters. The summed E-state index contributed by atoms with van der Waals surface area (Å²) in [5.74, 6) is -0.792. The lowest BCUT2D eigenvalue weighted by Crippen LogP contribution is -2.19. The number of methoxy groups -OCH3 is 1. The summed E-state index contributed by atoms with van der Waals surface area (Å²) in [5.41, 5.74) is 1.60. The van der Waals surface area contributed by atoms with Crippen molar-refractivity contribution in [2.75, 3.05) is 19.0 Å². The molecule has 158 valence electrons. The van der Waals surface area contributed by atoms with Crippen molar-refractivity contribution in [3.63, 3.8) is 0 Å². The minimum absolute atomic E-state index is 0.00741. The highest BCUT2D eigenvalue weighted by atomic mass is 32.2. The fraction of sp³-hybridized carbons (Fsp3) is 0.227. The van der Waals surface area contributed by atoms with Gasteiger partial charge in [0.05, 0.1) is 11.5 Å². The smallest absolute Gasteiger partial charge is 0.256 e. The number of anilines is 1. The number of aromatic nitrogens is 1. The van der Waals surface area contributed by atoms with Crippen LogP contribution in [0.5, 0.6) is 0 Å². The van der Waals surface area contributed by atoms with Gasteiger partial charge in [0.15, 0.2) is 0 Å². The van der Waals surface area contributed by atoms with Crippen LogP contribution in [0.2, 0.25) is 0 Å². The van der Waals surface area contributed by atoms with Crippen LogP contribution in [0.3, 0.4) is 0 Å². The van der Waals surface area contributed by atoms with E-state index >= 15 is 0 Å². The van der Waals surface area contributed by atoms with Gasteiger partial charge in [0, 0.05) is 24.9 Å². The molecule has 1 N–H and O–H groups in total. The monoisotopic (exact) mass is 430 g/mol. The zero-order valence-electron chi connectivity index (χ0n) is 17.0. The van der Waals surface area contributed by atoms with Gasteiger partial charge in [-0.1, -0.05) is 18.2 Å². The molecule has 0 spiro atoms. The second-order valence-corrected chi connectivity index (χ2v) is 8.70. The highest BCUT2D eigenvalue weighted by molar-refractivity contribution is 7.91. The molecule has 0 aliphatic carbocycles. The molecule has 0 unspecified atom stereocenters. The first-order valence-electron chi connectivity index (χ1n) is 9.33. The molecule has 8 heteroatoms. The maximum Gasteiger partial charge on any atom is 0.256 e. The normalized spacial score (nSPS) is 11.5. The average molecular weight is 431 g/mol. The minimum atomic E-state index is -4.01. The molecule has 1 aromatic heterocycles. The molecule has 3 aromatic rings. The lowest BCUT2D eigenvalue weighted by atomic mass is 10.2. The van der Waals surface area contributed by atoms with Gasteiger partial charge in [0.1, 0.15) is 16.5 Å². The van der Waals surface area contributed by atoms with E-state index in [-0.39, 0.29) is 15.6 Å². The number of halogens is 1. The first-order chi connectivity index (χ1) is 14.3. The number of ether oxygens (including phenoxy) is 1. The van der Waals surface area contributed by atoms with Gasteiger partial charge in [-0.15, -0.1) is 0 Å². The summed E-state index contributed by atoms with van der Waals surface area (Å²) < 4.78 is 47.1. The third-order valence-corrected chi connectivity index (χ3v) is 6.88. The summed E-state index contributed by atoms with van der Waals surface area (Å²) in [7, 11) is -2.47. The van der Waals surface area contributed by atoms with Crippen molar-refractivity contribution in [3.8, 4) is 0 Å². The van der Waals surface area contributed by atoms with E-state index in [1.165, 1.54) is 12.1 Å². The Hall–Kier alpha value is -2.97. The fourth-order valence-corrected chi connectivity index (χ4v) is 4.95. The molecule has 1 heterocycles. The van der Waals surface area contributed by atoms with Gasteiger partial charge in [-0.25, -0.2) is 12.8 Å². The average Bonchev–Trinajstić information content (AvgIpc) is 2.97. The van der Waals surface area contributed by atoms with Crippen LogP contribution in [0.15, 0.2) is 64.4 Å². The second-order valence-electron chi connectivity index (χ2n) is 6.81. The molecule has 0 saturated heterocycles. The summed E-state index contributed by atoms with van der Waals surface area (Å²) in [5, 5.41) is 2.77. The summed E-state index contributed by atoms with van der Waals surface area (Å²) in [6.07, 6.45) is 0. The van der Waals surface area contributed by atoms with Gasteiger partial charge in [0.25, 0.3) is 5.91 Å². The van der Waals surface area contributed by atoms with Gasteiger partial charge in [0.2, 0.25) is 9.84 Å². The molecular formula is C22H23FN2O4S. The SMILES string of the molecule is COCCn1c(C)c(C)c(S(=O)(=O)c2ccc(F)cc2)c1NC(=O)c1ccccc1. The molecule has 3 rings (SSSR count). The maximum atomic E-state index is 13.4. The topological polar surface area (TPSA) is 77.4 Å². The molecule has 1 amide bonds. The van der Waals surface area contributed by atoms with Crippen LogP contribution in [-0.2, 0) is 21.1 Å². The molecule has 6 nitrogen and oxygen atoms in total. The van der Waals surface area contributed by atoms with Crippen LogP contribution in [-0.4, -0.2) is 32.6 Å². The zero-order valence-corrected chi connectivity index (χ0v) is 17.8. The van der Waals surface area contributed by atoms with Gasteiger partial charge >= 0.3 is 0 Å². The van der Waals surface area contributed by atoms with E-state index < -0.39 is 21.6 Å². The molecule has 0 fully saturated rings. The molecule has 0 radical (unpaired) electrons. The Labute approximate surface area is 175 Å². The Kier molecular flexibility index (Phi) is 6.38. The van der Waals surface area contributed by atoms with Crippen molar-refractivity contribution in [3.05, 3.63) is 77.2 Å². The summed E-state index contributed by atoms with van der Waals surface area (Å²) in [6.45, 7) is 4.16. The van der Waals surface area contributed by atoms with Crippen molar-refractivity contribution in [2.45, 2.75) is 30.2 Å². The maximum absolute atomic E-state index is 13.4. The number of sulfone groups is 1. The summed E-state index contributed by atoms with van der Waals surface area (Å²) in [6, 6.07) is 13.2. The zero-order chi connectivity index (χ0) is 21.9. The number of benzene rings is 2.